The van der Waals surface area contributed by atoms with E-state index in [1.165, 1.54) is 0 Å². The number of rotatable bonds is 8. The van der Waals surface area contributed by atoms with Gasteiger partial charge in [0.15, 0.2) is 0 Å². The third-order valence-electron chi connectivity index (χ3n) is 5.65. The minimum Gasteiger partial charge on any atom is -0.350 e. The highest BCUT2D eigenvalue weighted by Gasteiger charge is 2.32. The molecule has 0 heterocycles. The molecule has 1 atom stereocenters. The molecule has 5 heteroatoms. The van der Waals surface area contributed by atoms with E-state index >= 15 is 0 Å². The molecule has 4 nitrogen and oxygen atoms in total. The standard InChI is InChI=1S/C30H35BrN2O2/c1-21-14-22(2)16-25(15-21)19-28(34)33(20-24-12-9-13-26(31)17-24)27(29(35)32-30(3,4)5)18-23-10-7-6-8-11-23/h6-17,27H,18-20H2,1-5H3,(H,32,35)/t27-/m0/s1. The Labute approximate surface area is 217 Å². The van der Waals surface area contributed by atoms with Gasteiger partial charge in [0.1, 0.15) is 6.04 Å². The summed E-state index contributed by atoms with van der Waals surface area (Å²) in [5, 5.41) is 3.11. The molecular formula is C30H35BrN2O2. The van der Waals surface area contributed by atoms with Gasteiger partial charge in [-0.1, -0.05) is 87.7 Å². The lowest BCUT2D eigenvalue weighted by Gasteiger charge is -2.34. The zero-order valence-electron chi connectivity index (χ0n) is 21.3. The van der Waals surface area contributed by atoms with Crippen LogP contribution in [0.1, 0.15) is 48.6 Å². The third-order valence-corrected chi connectivity index (χ3v) is 6.14. The lowest BCUT2D eigenvalue weighted by atomic mass is 9.99. The second-order valence-electron chi connectivity index (χ2n) is 10.3. The number of benzene rings is 3. The predicted molar refractivity (Wildman–Crippen MR) is 146 cm³/mol. The van der Waals surface area contributed by atoms with Crippen LogP contribution in [0.25, 0.3) is 0 Å². The van der Waals surface area contributed by atoms with E-state index in [1.807, 2.05) is 101 Å². The normalized spacial score (nSPS) is 12.2. The second-order valence-corrected chi connectivity index (χ2v) is 11.2. The molecule has 0 bridgehead atoms. The molecule has 3 aromatic carbocycles. The van der Waals surface area contributed by atoms with Crippen molar-refractivity contribution in [3.8, 4) is 0 Å². The fraction of sp³-hybridized carbons (Fsp3) is 0.333. The van der Waals surface area contributed by atoms with Crippen molar-refractivity contribution in [3.05, 3.63) is 105 Å². The van der Waals surface area contributed by atoms with Crippen molar-refractivity contribution in [1.82, 2.24) is 10.2 Å². The first kappa shape index (κ1) is 26.7. The zero-order valence-corrected chi connectivity index (χ0v) is 22.9. The lowest BCUT2D eigenvalue weighted by Crippen LogP contribution is -2.54. The van der Waals surface area contributed by atoms with Gasteiger partial charge in [0.05, 0.1) is 6.42 Å². The van der Waals surface area contributed by atoms with Crippen molar-refractivity contribution in [2.24, 2.45) is 0 Å². The number of carbonyl (C=O) groups is 2. The van der Waals surface area contributed by atoms with Crippen LogP contribution in [-0.2, 0) is 29.0 Å². The lowest BCUT2D eigenvalue weighted by molar-refractivity contribution is -0.141. The molecule has 2 amide bonds. The average Bonchev–Trinajstić information content (AvgIpc) is 2.75. The Balaban J connectivity index is 2.01. The minimum atomic E-state index is -0.644. The van der Waals surface area contributed by atoms with Crippen LogP contribution in [0.5, 0.6) is 0 Å². The van der Waals surface area contributed by atoms with E-state index in [4.69, 9.17) is 0 Å². The summed E-state index contributed by atoms with van der Waals surface area (Å²) < 4.78 is 0.940. The van der Waals surface area contributed by atoms with E-state index < -0.39 is 11.6 Å². The molecule has 3 rings (SSSR count). The summed E-state index contributed by atoms with van der Waals surface area (Å²) in [5.74, 6) is -0.218. The molecule has 0 spiro atoms. The Morgan fingerprint density at radius 1 is 0.857 bits per heavy atom. The van der Waals surface area contributed by atoms with E-state index in [0.29, 0.717) is 13.0 Å². The quantitative estimate of drug-likeness (QED) is 0.376. The van der Waals surface area contributed by atoms with Crippen molar-refractivity contribution in [2.45, 2.75) is 65.6 Å². The molecular weight excluding hydrogens is 500 g/mol. The average molecular weight is 536 g/mol. The van der Waals surface area contributed by atoms with Gasteiger partial charge >= 0.3 is 0 Å². The van der Waals surface area contributed by atoms with Crippen LogP contribution >= 0.6 is 15.9 Å². The Hall–Kier alpha value is -2.92. The summed E-state index contributed by atoms with van der Waals surface area (Å²) >= 11 is 3.54. The Morgan fingerprint density at radius 2 is 1.49 bits per heavy atom. The fourth-order valence-electron chi connectivity index (χ4n) is 4.29. The molecule has 184 valence electrons. The van der Waals surface area contributed by atoms with Crippen molar-refractivity contribution in [2.75, 3.05) is 0 Å². The molecule has 0 saturated carbocycles. The Bertz CT molecular complexity index is 1150. The summed E-state index contributed by atoms with van der Waals surface area (Å²) in [6.07, 6.45) is 0.681. The topological polar surface area (TPSA) is 49.4 Å². The molecule has 0 saturated heterocycles. The van der Waals surface area contributed by atoms with Crippen LogP contribution in [0.2, 0.25) is 0 Å². The fourth-order valence-corrected chi connectivity index (χ4v) is 4.73. The largest absolute Gasteiger partial charge is 0.350 e. The van der Waals surface area contributed by atoms with Crippen molar-refractivity contribution in [1.29, 1.82) is 0 Å². The maximum absolute atomic E-state index is 13.9. The van der Waals surface area contributed by atoms with Crippen molar-refractivity contribution < 1.29 is 9.59 Å². The summed E-state index contributed by atoms with van der Waals surface area (Å²) in [6.45, 7) is 10.3. The van der Waals surface area contributed by atoms with Gasteiger partial charge in [0, 0.05) is 23.0 Å². The smallest absolute Gasteiger partial charge is 0.243 e. The number of hydrogen-bond donors (Lipinski definition) is 1. The number of nitrogens with zero attached hydrogens (tertiary/aromatic N) is 1. The Morgan fingerprint density at radius 3 is 2.09 bits per heavy atom. The summed E-state index contributed by atoms with van der Waals surface area (Å²) in [4.78, 5) is 29.2. The maximum atomic E-state index is 13.9. The molecule has 35 heavy (non-hydrogen) atoms. The zero-order chi connectivity index (χ0) is 25.6. The number of aryl methyl sites for hydroxylation is 2. The highest BCUT2D eigenvalue weighted by atomic mass is 79.9. The predicted octanol–water partition coefficient (Wildman–Crippen LogP) is 6.16. The SMILES string of the molecule is Cc1cc(C)cc(CC(=O)N(Cc2cccc(Br)c2)[C@@H](Cc2ccccc2)C(=O)NC(C)(C)C)c1. The molecule has 0 aliphatic rings. The van der Waals surface area contributed by atoms with Crippen molar-refractivity contribution in [3.63, 3.8) is 0 Å². The van der Waals surface area contributed by atoms with Crippen LogP contribution in [0.4, 0.5) is 0 Å². The van der Waals surface area contributed by atoms with Gasteiger partial charge in [-0.25, -0.2) is 0 Å². The van der Waals surface area contributed by atoms with Crippen LogP contribution in [-0.4, -0.2) is 28.3 Å². The Kier molecular flexibility index (Phi) is 8.90. The van der Waals surface area contributed by atoms with Crippen LogP contribution < -0.4 is 5.32 Å². The summed E-state index contributed by atoms with van der Waals surface area (Å²) in [5.41, 5.74) is 4.77. The number of halogens is 1. The van der Waals surface area contributed by atoms with E-state index in [2.05, 4.69) is 27.3 Å². The number of hydrogen-bond acceptors (Lipinski definition) is 2. The first-order valence-corrected chi connectivity index (χ1v) is 12.8. The van der Waals surface area contributed by atoms with Crippen LogP contribution in [0.3, 0.4) is 0 Å². The first-order chi connectivity index (χ1) is 16.5. The molecule has 1 N–H and O–H groups in total. The number of nitrogens with one attached hydrogen (secondary N) is 1. The first-order valence-electron chi connectivity index (χ1n) is 12.0. The molecule has 0 fully saturated rings. The minimum absolute atomic E-state index is 0.0695. The number of amides is 2. The summed E-state index contributed by atoms with van der Waals surface area (Å²) in [7, 11) is 0. The van der Waals surface area contributed by atoms with E-state index in [0.717, 1.165) is 32.3 Å². The molecule has 0 unspecified atom stereocenters. The van der Waals surface area contributed by atoms with E-state index in [-0.39, 0.29) is 18.2 Å². The molecule has 0 radical (unpaired) electrons. The number of carbonyl (C=O) groups excluding carboxylic acids is 2. The van der Waals surface area contributed by atoms with Gasteiger partial charge in [-0.05, 0) is 63.4 Å². The third kappa shape index (κ3) is 8.36. The maximum Gasteiger partial charge on any atom is 0.243 e. The highest BCUT2D eigenvalue weighted by molar-refractivity contribution is 9.10. The molecule has 0 aliphatic heterocycles. The van der Waals surface area contributed by atoms with Crippen molar-refractivity contribution >= 4 is 27.7 Å². The summed E-state index contributed by atoms with van der Waals surface area (Å²) in [6, 6.07) is 23.3. The van der Waals surface area contributed by atoms with Crippen LogP contribution in [0.15, 0.2) is 77.3 Å². The van der Waals surface area contributed by atoms with Gasteiger partial charge in [0.2, 0.25) is 11.8 Å². The van der Waals surface area contributed by atoms with Crippen LogP contribution in [0, 0.1) is 13.8 Å². The van der Waals surface area contributed by atoms with Gasteiger partial charge < -0.3 is 10.2 Å². The molecule has 0 aromatic heterocycles. The monoisotopic (exact) mass is 534 g/mol. The van der Waals surface area contributed by atoms with E-state index in [1.54, 1.807) is 4.90 Å². The highest BCUT2D eigenvalue weighted by Crippen LogP contribution is 2.20. The molecule has 3 aromatic rings. The van der Waals surface area contributed by atoms with Gasteiger partial charge in [0.25, 0.3) is 0 Å². The second kappa shape index (κ2) is 11.7. The molecule has 0 aliphatic carbocycles. The van der Waals surface area contributed by atoms with E-state index in [9.17, 15) is 9.59 Å². The van der Waals surface area contributed by atoms with Gasteiger partial charge in [-0.2, -0.15) is 0 Å². The van der Waals surface area contributed by atoms with Gasteiger partial charge in [-0.3, -0.25) is 9.59 Å². The van der Waals surface area contributed by atoms with Gasteiger partial charge in [-0.15, -0.1) is 0 Å².